The Labute approximate surface area is 135 Å². The zero-order valence-corrected chi connectivity index (χ0v) is 14.0. The minimum Gasteiger partial charge on any atom is -0.481 e. The van der Waals surface area contributed by atoms with Gasteiger partial charge in [0, 0.05) is 6.42 Å². The number of carbonyl (C=O) groups is 1. The van der Waals surface area contributed by atoms with Gasteiger partial charge >= 0.3 is 5.97 Å². The zero-order chi connectivity index (χ0) is 16.6. The lowest BCUT2D eigenvalue weighted by molar-refractivity contribution is -0.137. The van der Waals surface area contributed by atoms with Gasteiger partial charge in [-0.25, -0.2) is 0 Å². The van der Waals surface area contributed by atoms with Crippen molar-refractivity contribution in [1.82, 2.24) is 0 Å². The normalized spacial score (nSPS) is 14.3. The monoisotopic (exact) mass is 314 g/mol. The van der Waals surface area contributed by atoms with Gasteiger partial charge < -0.3 is 15.3 Å². The molecule has 0 aromatic rings. The largest absolute Gasteiger partial charge is 0.481 e. The van der Waals surface area contributed by atoms with E-state index in [9.17, 15) is 15.0 Å². The van der Waals surface area contributed by atoms with Crippen molar-refractivity contribution in [2.45, 2.75) is 96.2 Å². The van der Waals surface area contributed by atoms with Gasteiger partial charge in [0.15, 0.2) is 0 Å². The molecular formula is C18H34O4. The standard InChI is InChI=1S/C18H34O4/c1-2-3-4-7-11-16(19)13-10-14-17(20)12-8-5-6-9-15-18(21)22/h10,14,16-17,19-20H,2-9,11-13,15H2,1H3,(H,21,22)/b14-10-/t16-,17?/m1/s1. The number of hydrogen-bond donors (Lipinski definition) is 3. The molecule has 0 aromatic heterocycles. The van der Waals surface area contributed by atoms with Crippen LogP contribution in [-0.4, -0.2) is 33.5 Å². The Morgan fingerprint density at radius 3 is 2.27 bits per heavy atom. The van der Waals surface area contributed by atoms with E-state index < -0.39 is 12.1 Å². The summed E-state index contributed by atoms with van der Waals surface area (Å²) in [7, 11) is 0. The van der Waals surface area contributed by atoms with Crippen molar-refractivity contribution in [3.05, 3.63) is 12.2 Å². The van der Waals surface area contributed by atoms with Gasteiger partial charge in [-0.05, 0) is 25.7 Å². The van der Waals surface area contributed by atoms with E-state index in [1.807, 2.05) is 6.08 Å². The SMILES string of the molecule is CCCCCC[C@@H](O)C/C=C\C(O)CCCCCCC(=O)O. The molecule has 0 saturated carbocycles. The molecule has 0 fully saturated rings. The van der Waals surface area contributed by atoms with E-state index in [4.69, 9.17) is 5.11 Å². The van der Waals surface area contributed by atoms with E-state index >= 15 is 0 Å². The first-order chi connectivity index (χ1) is 10.6. The molecule has 0 aliphatic carbocycles. The Morgan fingerprint density at radius 2 is 1.59 bits per heavy atom. The maximum absolute atomic E-state index is 10.3. The third-order valence-corrected chi connectivity index (χ3v) is 3.80. The lowest BCUT2D eigenvalue weighted by Crippen LogP contribution is -2.06. The highest BCUT2D eigenvalue weighted by Gasteiger charge is 2.03. The molecule has 0 spiro atoms. The lowest BCUT2D eigenvalue weighted by Gasteiger charge is -2.08. The molecule has 1 unspecified atom stereocenters. The van der Waals surface area contributed by atoms with Crippen LogP contribution in [0.2, 0.25) is 0 Å². The fraction of sp³-hybridized carbons (Fsp3) is 0.833. The first kappa shape index (κ1) is 21.1. The summed E-state index contributed by atoms with van der Waals surface area (Å²) in [6.45, 7) is 2.17. The van der Waals surface area contributed by atoms with E-state index in [-0.39, 0.29) is 12.5 Å². The summed E-state index contributed by atoms with van der Waals surface area (Å²) in [5, 5.41) is 28.1. The van der Waals surface area contributed by atoms with E-state index in [2.05, 4.69) is 6.92 Å². The second-order valence-electron chi connectivity index (χ2n) is 6.08. The molecule has 0 amide bonds. The molecule has 4 nitrogen and oxygen atoms in total. The number of hydrogen-bond acceptors (Lipinski definition) is 3. The molecule has 0 aromatic carbocycles. The Bertz CT molecular complexity index is 289. The number of unbranched alkanes of at least 4 members (excludes halogenated alkanes) is 6. The maximum Gasteiger partial charge on any atom is 0.303 e. The predicted molar refractivity (Wildman–Crippen MR) is 89.9 cm³/mol. The summed E-state index contributed by atoms with van der Waals surface area (Å²) in [5.74, 6) is -0.740. The quantitative estimate of drug-likeness (QED) is 0.315. The Morgan fingerprint density at radius 1 is 0.955 bits per heavy atom. The van der Waals surface area contributed by atoms with Gasteiger partial charge in [-0.15, -0.1) is 0 Å². The first-order valence-corrected chi connectivity index (χ1v) is 8.80. The molecular weight excluding hydrogens is 280 g/mol. The highest BCUT2D eigenvalue weighted by Crippen LogP contribution is 2.11. The summed E-state index contributed by atoms with van der Waals surface area (Å²) in [6, 6.07) is 0. The fourth-order valence-corrected chi connectivity index (χ4v) is 2.40. The van der Waals surface area contributed by atoms with Crippen molar-refractivity contribution in [3.63, 3.8) is 0 Å². The first-order valence-electron chi connectivity index (χ1n) is 8.80. The van der Waals surface area contributed by atoms with Gasteiger partial charge in [-0.1, -0.05) is 64.0 Å². The van der Waals surface area contributed by atoms with Crippen LogP contribution in [0.25, 0.3) is 0 Å². The van der Waals surface area contributed by atoms with Crippen LogP contribution in [0.1, 0.15) is 84.0 Å². The minimum atomic E-state index is -0.740. The van der Waals surface area contributed by atoms with Crippen LogP contribution < -0.4 is 0 Å². The number of carboxylic acid groups (broad SMARTS) is 1. The average molecular weight is 314 g/mol. The summed E-state index contributed by atoms with van der Waals surface area (Å²) < 4.78 is 0. The van der Waals surface area contributed by atoms with Crippen molar-refractivity contribution in [2.75, 3.05) is 0 Å². The molecule has 0 aliphatic rings. The Balaban J connectivity index is 3.49. The average Bonchev–Trinajstić information content (AvgIpc) is 2.47. The van der Waals surface area contributed by atoms with Gasteiger partial charge in [-0.2, -0.15) is 0 Å². The summed E-state index contributed by atoms with van der Waals surface area (Å²) in [5.41, 5.74) is 0. The van der Waals surface area contributed by atoms with Crippen LogP contribution in [0.3, 0.4) is 0 Å². The van der Waals surface area contributed by atoms with Crippen LogP contribution in [0.4, 0.5) is 0 Å². The third-order valence-electron chi connectivity index (χ3n) is 3.80. The van der Waals surface area contributed by atoms with Gasteiger partial charge in [0.1, 0.15) is 0 Å². The van der Waals surface area contributed by atoms with Gasteiger partial charge in [0.25, 0.3) is 0 Å². The Hall–Kier alpha value is -0.870. The molecule has 130 valence electrons. The van der Waals surface area contributed by atoms with Crippen molar-refractivity contribution >= 4 is 5.97 Å². The molecule has 22 heavy (non-hydrogen) atoms. The number of aliphatic hydroxyl groups is 2. The highest BCUT2D eigenvalue weighted by atomic mass is 16.4. The minimum absolute atomic E-state index is 0.235. The maximum atomic E-state index is 10.3. The third kappa shape index (κ3) is 15.5. The Kier molecular flexibility index (Phi) is 14.4. The van der Waals surface area contributed by atoms with E-state index in [0.29, 0.717) is 19.3 Å². The topological polar surface area (TPSA) is 77.8 Å². The van der Waals surface area contributed by atoms with Crippen LogP contribution in [-0.2, 0) is 4.79 Å². The summed E-state index contributed by atoms with van der Waals surface area (Å²) >= 11 is 0. The number of rotatable bonds is 15. The highest BCUT2D eigenvalue weighted by molar-refractivity contribution is 5.66. The van der Waals surface area contributed by atoms with Crippen molar-refractivity contribution in [1.29, 1.82) is 0 Å². The summed E-state index contributed by atoms with van der Waals surface area (Å²) in [4.78, 5) is 10.3. The van der Waals surface area contributed by atoms with Gasteiger partial charge in [-0.3, -0.25) is 4.79 Å². The number of carboxylic acids is 1. The van der Waals surface area contributed by atoms with Crippen LogP contribution in [0, 0.1) is 0 Å². The molecule has 0 aliphatic heterocycles. The van der Waals surface area contributed by atoms with Crippen molar-refractivity contribution < 1.29 is 20.1 Å². The van der Waals surface area contributed by atoms with E-state index in [1.165, 1.54) is 19.3 Å². The van der Waals surface area contributed by atoms with E-state index in [0.717, 1.165) is 32.1 Å². The number of aliphatic carboxylic acids is 1. The smallest absolute Gasteiger partial charge is 0.303 e. The number of aliphatic hydroxyl groups excluding tert-OH is 2. The molecule has 0 rings (SSSR count). The molecule has 4 heteroatoms. The second-order valence-corrected chi connectivity index (χ2v) is 6.08. The van der Waals surface area contributed by atoms with Crippen molar-refractivity contribution in [3.8, 4) is 0 Å². The molecule has 0 radical (unpaired) electrons. The van der Waals surface area contributed by atoms with Crippen molar-refractivity contribution in [2.24, 2.45) is 0 Å². The van der Waals surface area contributed by atoms with Crippen LogP contribution in [0.15, 0.2) is 12.2 Å². The second kappa shape index (κ2) is 15.0. The van der Waals surface area contributed by atoms with Gasteiger partial charge in [0.05, 0.1) is 12.2 Å². The fourth-order valence-electron chi connectivity index (χ4n) is 2.40. The van der Waals surface area contributed by atoms with E-state index in [1.54, 1.807) is 6.08 Å². The molecule has 0 saturated heterocycles. The van der Waals surface area contributed by atoms with Crippen LogP contribution >= 0.6 is 0 Å². The molecule has 2 atom stereocenters. The predicted octanol–water partition coefficient (Wildman–Crippen LogP) is 4.05. The van der Waals surface area contributed by atoms with Gasteiger partial charge in [0.2, 0.25) is 0 Å². The van der Waals surface area contributed by atoms with Crippen LogP contribution in [0.5, 0.6) is 0 Å². The summed E-state index contributed by atoms with van der Waals surface area (Å²) in [6.07, 6.45) is 13.5. The molecule has 0 bridgehead atoms. The lowest BCUT2D eigenvalue weighted by atomic mass is 10.0. The molecule has 3 N–H and O–H groups in total. The molecule has 0 heterocycles. The zero-order valence-electron chi connectivity index (χ0n) is 14.0.